The topological polar surface area (TPSA) is 65.8 Å². The molecule has 100 valence electrons. The molecule has 0 spiro atoms. The van der Waals surface area contributed by atoms with Gasteiger partial charge in [0.1, 0.15) is 11.8 Å². The number of aryl methyl sites for hydroxylation is 1. The summed E-state index contributed by atoms with van der Waals surface area (Å²) in [7, 11) is 0. The standard InChI is InChI=1S/C16H15N3O/c1-2-3-12-4-7-14(8-5-12)19-16(20)15-9-6-13(10-17)11-18-15/h4-9,11H,2-3H2,1H3,(H,19,20). The third-order valence-electron chi connectivity index (χ3n) is 2.88. The molecule has 0 fully saturated rings. The van der Waals surface area contributed by atoms with Crippen molar-refractivity contribution in [1.29, 1.82) is 5.26 Å². The number of carbonyl (C=O) groups is 1. The molecule has 0 atom stereocenters. The molecule has 2 aromatic rings. The lowest BCUT2D eigenvalue weighted by atomic mass is 10.1. The van der Waals surface area contributed by atoms with Crippen molar-refractivity contribution in [1.82, 2.24) is 4.98 Å². The largest absolute Gasteiger partial charge is 0.321 e. The monoisotopic (exact) mass is 265 g/mol. The van der Waals surface area contributed by atoms with Crippen LogP contribution in [0.25, 0.3) is 0 Å². The predicted molar refractivity (Wildman–Crippen MR) is 77.3 cm³/mol. The van der Waals surface area contributed by atoms with E-state index in [9.17, 15) is 4.79 Å². The first-order valence-corrected chi connectivity index (χ1v) is 6.49. The molecule has 0 saturated heterocycles. The van der Waals surface area contributed by atoms with E-state index in [0.717, 1.165) is 18.5 Å². The third-order valence-corrected chi connectivity index (χ3v) is 2.88. The summed E-state index contributed by atoms with van der Waals surface area (Å²) >= 11 is 0. The molecule has 1 N–H and O–H groups in total. The van der Waals surface area contributed by atoms with Crippen LogP contribution in [-0.2, 0) is 6.42 Å². The second-order valence-electron chi connectivity index (χ2n) is 4.44. The maximum absolute atomic E-state index is 12.0. The minimum absolute atomic E-state index is 0.280. The Bertz CT molecular complexity index is 624. The van der Waals surface area contributed by atoms with Crippen molar-refractivity contribution < 1.29 is 4.79 Å². The number of carbonyl (C=O) groups excluding carboxylic acids is 1. The van der Waals surface area contributed by atoms with Gasteiger partial charge in [-0.05, 0) is 36.2 Å². The summed E-state index contributed by atoms with van der Waals surface area (Å²) in [6.45, 7) is 2.13. The van der Waals surface area contributed by atoms with Crippen LogP contribution in [0.2, 0.25) is 0 Å². The van der Waals surface area contributed by atoms with E-state index in [4.69, 9.17) is 5.26 Å². The van der Waals surface area contributed by atoms with Gasteiger partial charge in [0.05, 0.1) is 5.56 Å². The summed E-state index contributed by atoms with van der Waals surface area (Å²) < 4.78 is 0. The van der Waals surface area contributed by atoms with Crippen molar-refractivity contribution >= 4 is 11.6 Å². The second kappa shape index (κ2) is 6.48. The molecular formula is C16H15N3O. The minimum atomic E-state index is -0.280. The summed E-state index contributed by atoms with van der Waals surface area (Å²) in [4.78, 5) is 15.9. The Balaban J connectivity index is 2.05. The molecule has 0 aliphatic carbocycles. The number of nitriles is 1. The number of aromatic nitrogens is 1. The highest BCUT2D eigenvalue weighted by molar-refractivity contribution is 6.02. The van der Waals surface area contributed by atoms with Crippen molar-refractivity contribution in [2.75, 3.05) is 5.32 Å². The molecule has 1 aromatic carbocycles. The van der Waals surface area contributed by atoms with Crippen molar-refractivity contribution in [3.05, 3.63) is 59.4 Å². The fourth-order valence-electron chi connectivity index (χ4n) is 1.83. The Hall–Kier alpha value is -2.67. The van der Waals surface area contributed by atoms with Crippen LogP contribution in [0.1, 0.15) is 35.0 Å². The Morgan fingerprint density at radius 3 is 2.55 bits per heavy atom. The summed E-state index contributed by atoms with van der Waals surface area (Å²) in [6.07, 6.45) is 3.52. The second-order valence-corrected chi connectivity index (χ2v) is 4.44. The van der Waals surface area contributed by atoms with E-state index in [1.807, 2.05) is 30.3 Å². The summed E-state index contributed by atoms with van der Waals surface area (Å²) in [5, 5.41) is 11.5. The van der Waals surface area contributed by atoms with E-state index >= 15 is 0 Å². The van der Waals surface area contributed by atoms with Gasteiger partial charge in [-0.15, -0.1) is 0 Å². The van der Waals surface area contributed by atoms with Gasteiger partial charge in [0.2, 0.25) is 0 Å². The first kappa shape index (κ1) is 13.8. The van der Waals surface area contributed by atoms with Crippen LogP contribution < -0.4 is 5.32 Å². The molecule has 0 aliphatic heterocycles. The Morgan fingerprint density at radius 2 is 2.00 bits per heavy atom. The van der Waals surface area contributed by atoms with Gasteiger partial charge in [-0.1, -0.05) is 25.5 Å². The van der Waals surface area contributed by atoms with E-state index in [1.54, 1.807) is 12.1 Å². The normalized spacial score (nSPS) is 9.80. The van der Waals surface area contributed by atoms with Crippen molar-refractivity contribution in [3.8, 4) is 6.07 Å². The number of amides is 1. The highest BCUT2D eigenvalue weighted by Gasteiger charge is 2.07. The first-order valence-electron chi connectivity index (χ1n) is 6.49. The van der Waals surface area contributed by atoms with Gasteiger partial charge in [0, 0.05) is 11.9 Å². The minimum Gasteiger partial charge on any atom is -0.321 e. The lowest BCUT2D eigenvalue weighted by Gasteiger charge is -2.06. The molecule has 0 radical (unpaired) electrons. The molecule has 0 saturated carbocycles. The van der Waals surface area contributed by atoms with Gasteiger partial charge in [-0.25, -0.2) is 4.98 Å². The molecule has 1 aromatic heterocycles. The lowest BCUT2D eigenvalue weighted by molar-refractivity contribution is 0.102. The Kier molecular flexibility index (Phi) is 4.46. The number of pyridine rings is 1. The van der Waals surface area contributed by atoms with Gasteiger partial charge in [-0.2, -0.15) is 5.26 Å². The van der Waals surface area contributed by atoms with Crippen LogP contribution in [0.3, 0.4) is 0 Å². The number of hydrogen-bond acceptors (Lipinski definition) is 3. The molecule has 0 bridgehead atoms. The summed E-state index contributed by atoms with van der Waals surface area (Å²) in [6, 6.07) is 12.9. The molecule has 4 nitrogen and oxygen atoms in total. The molecule has 20 heavy (non-hydrogen) atoms. The zero-order chi connectivity index (χ0) is 14.4. The number of nitrogens with one attached hydrogen (secondary N) is 1. The van der Waals surface area contributed by atoms with Crippen LogP contribution in [-0.4, -0.2) is 10.9 Å². The van der Waals surface area contributed by atoms with E-state index in [0.29, 0.717) is 11.3 Å². The smallest absolute Gasteiger partial charge is 0.274 e. The highest BCUT2D eigenvalue weighted by atomic mass is 16.1. The fourth-order valence-corrected chi connectivity index (χ4v) is 1.83. The highest BCUT2D eigenvalue weighted by Crippen LogP contribution is 2.12. The molecule has 0 aliphatic rings. The fraction of sp³-hybridized carbons (Fsp3) is 0.188. The molecule has 0 unspecified atom stereocenters. The average molecular weight is 265 g/mol. The van der Waals surface area contributed by atoms with Gasteiger partial charge in [0.15, 0.2) is 0 Å². The molecule has 2 rings (SSSR count). The van der Waals surface area contributed by atoms with Crippen LogP contribution in [0.15, 0.2) is 42.6 Å². The molecular weight excluding hydrogens is 250 g/mol. The number of nitrogens with zero attached hydrogens (tertiary/aromatic N) is 2. The number of anilines is 1. The number of hydrogen-bond donors (Lipinski definition) is 1. The average Bonchev–Trinajstić information content (AvgIpc) is 2.49. The van der Waals surface area contributed by atoms with Crippen LogP contribution in [0.4, 0.5) is 5.69 Å². The van der Waals surface area contributed by atoms with Crippen LogP contribution in [0.5, 0.6) is 0 Å². The van der Waals surface area contributed by atoms with Crippen LogP contribution in [0, 0.1) is 11.3 Å². The van der Waals surface area contributed by atoms with Crippen molar-refractivity contribution in [3.63, 3.8) is 0 Å². The summed E-state index contributed by atoms with van der Waals surface area (Å²) in [5.41, 5.74) is 2.72. The first-order chi connectivity index (χ1) is 9.72. The van der Waals surface area contributed by atoms with Crippen molar-refractivity contribution in [2.24, 2.45) is 0 Å². The van der Waals surface area contributed by atoms with E-state index in [2.05, 4.69) is 17.2 Å². The zero-order valence-corrected chi connectivity index (χ0v) is 11.3. The van der Waals surface area contributed by atoms with E-state index in [1.165, 1.54) is 11.8 Å². The predicted octanol–water partition coefficient (Wildman–Crippen LogP) is 3.16. The zero-order valence-electron chi connectivity index (χ0n) is 11.3. The van der Waals surface area contributed by atoms with E-state index in [-0.39, 0.29) is 5.91 Å². The Morgan fingerprint density at radius 1 is 1.25 bits per heavy atom. The molecule has 1 heterocycles. The van der Waals surface area contributed by atoms with Gasteiger partial charge >= 0.3 is 0 Å². The number of benzene rings is 1. The molecule has 4 heteroatoms. The quantitative estimate of drug-likeness (QED) is 0.923. The Labute approximate surface area is 118 Å². The molecule has 1 amide bonds. The SMILES string of the molecule is CCCc1ccc(NC(=O)c2ccc(C#N)cn2)cc1. The van der Waals surface area contributed by atoms with Gasteiger partial charge < -0.3 is 5.32 Å². The van der Waals surface area contributed by atoms with Gasteiger partial charge in [-0.3, -0.25) is 4.79 Å². The maximum atomic E-state index is 12.0. The number of rotatable bonds is 4. The van der Waals surface area contributed by atoms with Crippen LogP contribution >= 0.6 is 0 Å². The maximum Gasteiger partial charge on any atom is 0.274 e. The lowest BCUT2D eigenvalue weighted by Crippen LogP contribution is -2.13. The summed E-state index contributed by atoms with van der Waals surface area (Å²) in [5.74, 6) is -0.280. The van der Waals surface area contributed by atoms with Gasteiger partial charge in [0.25, 0.3) is 5.91 Å². The van der Waals surface area contributed by atoms with Crippen molar-refractivity contribution in [2.45, 2.75) is 19.8 Å². The third kappa shape index (κ3) is 3.42. The van der Waals surface area contributed by atoms with E-state index < -0.39 is 0 Å².